The SMILES string of the molecule is COc1ccc(Nc2cc(C#N)cc(C)n2)cc1OC. The third-order valence-electron chi connectivity index (χ3n) is 2.74. The summed E-state index contributed by atoms with van der Waals surface area (Å²) in [6, 6.07) is 11.0. The number of rotatable bonds is 4. The van der Waals surface area contributed by atoms with Gasteiger partial charge in [-0.25, -0.2) is 4.98 Å². The van der Waals surface area contributed by atoms with Crippen LogP contribution >= 0.6 is 0 Å². The number of benzene rings is 1. The zero-order valence-electron chi connectivity index (χ0n) is 11.6. The minimum Gasteiger partial charge on any atom is -0.493 e. The van der Waals surface area contributed by atoms with Gasteiger partial charge in [0.1, 0.15) is 5.82 Å². The molecule has 1 heterocycles. The average Bonchev–Trinajstić information content (AvgIpc) is 2.46. The highest BCUT2D eigenvalue weighted by atomic mass is 16.5. The number of aryl methyl sites for hydroxylation is 1. The summed E-state index contributed by atoms with van der Waals surface area (Å²) < 4.78 is 10.4. The van der Waals surface area contributed by atoms with E-state index in [2.05, 4.69) is 16.4 Å². The number of anilines is 2. The van der Waals surface area contributed by atoms with Gasteiger partial charge in [-0.2, -0.15) is 5.26 Å². The van der Waals surface area contributed by atoms with E-state index >= 15 is 0 Å². The molecule has 0 bridgehead atoms. The molecule has 0 amide bonds. The van der Waals surface area contributed by atoms with Gasteiger partial charge in [-0.15, -0.1) is 0 Å². The van der Waals surface area contributed by atoms with E-state index in [9.17, 15) is 0 Å². The van der Waals surface area contributed by atoms with Crippen LogP contribution in [0.1, 0.15) is 11.3 Å². The first-order valence-corrected chi connectivity index (χ1v) is 6.04. The molecule has 1 N–H and O–H groups in total. The van der Waals surface area contributed by atoms with E-state index in [0.717, 1.165) is 11.4 Å². The first-order valence-electron chi connectivity index (χ1n) is 6.04. The lowest BCUT2D eigenvalue weighted by Crippen LogP contribution is -1.97. The van der Waals surface area contributed by atoms with Gasteiger partial charge in [0.25, 0.3) is 0 Å². The fraction of sp³-hybridized carbons (Fsp3) is 0.200. The summed E-state index contributed by atoms with van der Waals surface area (Å²) in [5, 5.41) is 12.1. The molecule has 1 aromatic carbocycles. The van der Waals surface area contributed by atoms with E-state index in [0.29, 0.717) is 22.9 Å². The highest BCUT2D eigenvalue weighted by Gasteiger charge is 2.06. The van der Waals surface area contributed by atoms with Crippen molar-refractivity contribution in [1.29, 1.82) is 5.26 Å². The predicted molar refractivity (Wildman–Crippen MR) is 76.5 cm³/mol. The molecule has 5 nitrogen and oxygen atoms in total. The second-order valence-electron chi connectivity index (χ2n) is 4.19. The van der Waals surface area contributed by atoms with Gasteiger partial charge in [0.2, 0.25) is 0 Å². The van der Waals surface area contributed by atoms with Crippen LogP contribution in [0.2, 0.25) is 0 Å². The summed E-state index contributed by atoms with van der Waals surface area (Å²) in [5.41, 5.74) is 2.16. The highest BCUT2D eigenvalue weighted by Crippen LogP contribution is 2.30. The van der Waals surface area contributed by atoms with Crippen molar-refractivity contribution in [3.63, 3.8) is 0 Å². The van der Waals surface area contributed by atoms with Crippen molar-refractivity contribution in [2.45, 2.75) is 6.92 Å². The first kappa shape index (κ1) is 13.7. The van der Waals surface area contributed by atoms with Crippen LogP contribution in [0.15, 0.2) is 30.3 Å². The molecule has 0 saturated carbocycles. The fourth-order valence-corrected chi connectivity index (χ4v) is 1.86. The Labute approximate surface area is 117 Å². The van der Waals surface area contributed by atoms with Gasteiger partial charge in [-0.05, 0) is 31.2 Å². The van der Waals surface area contributed by atoms with E-state index in [-0.39, 0.29) is 0 Å². The second-order valence-corrected chi connectivity index (χ2v) is 4.19. The van der Waals surface area contributed by atoms with Crippen LogP contribution in [0.25, 0.3) is 0 Å². The maximum atomic E-state index is 8.96. The molecule has 0 aliphatic heterocycles. The van der Waals surface area contributed by atoms with Crippen LogP contribution in [0, 0.1) is 18.3 Å². The molecule has 0 spiro atoms. The first-order chi connectivity index (χ1) is 9.66. The van der Waals surface area contributed by atoms with Crippen LogP contribution < -0.4 is 14.8 Å². The van der Waals surface area contributed by atoms with Crippen molar-refractivity contribution in [2.24, 2.45) is 0 Å². The van der Waals surface area contributed by atoms with Gasteiger partial charge in [0.15, 0.2) is 11.5 Å². The lowest BCUT2D eigenvalue weighted by atomic mass is 10.2. The number of ether oxygens (including phenoxy) is 2. The summed E-state index contributed by atoms with van der Waals surface area (Å²) in [6.07, 6.45) is 0. The van der Waals surface area contributed by atoms with E-state index in [1.165, 1.54) is 0 Å². The molecule has 102 valence electrons. The van der Waals surface area contributed by atoms with E-state index in [1.54, 1.807) is 26.4 Å². The Morgan fingerprint density at radius 3 is 2.50 bits per heavy atom. The van der Waals surface area contributed by atoms with Crippen LogP contribution in [0.5, 0.6) is 11.5 Å². The maximum absolute atomic E-state index is 8.96. The smallest absolute Gasteiger partial charge is 0.162 e. The van der Waals surface area contributed by atoms with Gasteiger partial charge in [0, 0.05) is 17.4 Å². The van der Waals surface area contributed by atoms with Gasteiger partial charge < -0.3 is 14.8 Å². The molecule has 1 aromatic heterocycles. The summed E-state index contributed by atoms with van der Waals surface area (Å²) in [6.45, 7) is 1.85. The van der Waals surface area contributed by atoms with Crippen molar-refractivity contribution < 1.29 is 9.47 Å². The molecule has 2 rings (SSSR count). The molecule has 0 atom stereocenters. The molecule has 0 aliphatic carbocycles. The van der Waals surface area contributed by atoms with Crippen molar-refractivity contribution in [3.8, 4) is 17.6 Å². The number of hydrogen-bond donors (Lipinski definition) is 1. The number of hydrogen-bond acceptors (Lipinski definition) is 5. The standard InChI is InChI=1S/C15H15N3O2/c1-10-6-11(9-16)7-15(17-10)18-12-4-5-13(19-2)14(8-12)20-3/h4-8H,1-3H3,(H,17,18). The minimum atomic E-state index is 0.570. The van der Waals surface area contributed by atoms with Gasteiger partial charge >= 0.3 is 0 Å². The molecule has 0 radical (unpaired) electrons. The van der Waals surface area contributed by atoms with Crippen LogP contribution in [-0.4, -0.2) is 19.2 Å². The summed E-state index contributed by atoms with van der Waals surface area (Å²) >= 11 is 0. The van der Waals surface area contributed by atoms with Gasteiger partial charge in [-0.3, -0.25) is 0 Å². The van der Waals surface area contributed by atoms with Crippen molar-refractivity contribution in [1.82, 2.24) is 4.98 Å². The number of nitrogens with one attached hydrogen (secondary N) is 1. The number of aromatic nitrogens is 1. The number of methoxy groups -OCH3 is 2. The second kappa shape index (κ2) is 5.93. The zero-order chi connectivity index (χ0) is 14.5. The molecular formula is C15H15N3O2. The number of pyridine rings is 1. The molecule has 2 aromatic rings. The summed E-state index contributed by atoms with van der Waals surface area (Å²) in [5.74, 6) is 1.91. The Bertz CT molecular complexity index is 663. The Hall–Kier alpha value is -2.74. The largest absolute Gasteiger partial charge is 0.493 e. The molecule has 5 heteroatoms. The van der Waals surface area contributed by atoms with E-state index < -0.39 is 0 Å². The normalized spacial score (nSPS) is 9.70. The maximum Gasteiger partial charge on any atom is 0.162 e. The third-order valence-corrected chi connectivity index (χ3v) is 2.74. The minimum absolute atomic E-state index is 0.570. The summed E-state index contributed by atoms with van der Waals surface area (Å²) in [7, 11) is 3.17. The fourth-order valence-electron chi connectivity index (χ4n) is 1.86. The van der Waals surface area contributed by atoms with Gasteiger partial charge in [-0.1, -0.05) is 0 Å². The highest BCUT2D eigenvalue weighted by molar-refractivity contribution is 5.62. The van der Waals surface area contributed by atoms with E-state index in [1.807, 2.05) is 25.1 Å². The Kier molecular flexibility index (Phi) is 4.06. The monoisotopic (exact) mass is 269 g/mol. The molecule has 20 heavy (non-hydrogen) atoms. The predicted octanol–water partition coefficient (Wildman–Crippen LogP) is 3.02. The lowest BCUT2D eigenvalue weighted by Gasteiger charge is -2.11. The van der Waals surface area contributed by atoms with Crippen molar-refractivity contribution in [3.05, 3.63) is 41.6 Å². The molecule has 0 fully saturated rings. The van der Waals surface area contributed by atoms with Crippen LogP contribution in [0.3, 0.4) is 0 Å². The Morgan fingerprint density at radius 1 is 1.10 bits per heavy atom. The van der Waals surface area contributed by atoms with Crippen molar-refractivity contribution in [2.75, 3.05) is 19.5 Å². The Balaban J connectivity index is 2.30. The lowest BCUT2D eigenvalue weighted by molar-refractivity contribution is 0.355. The number of nitriles is 1. The average molecular weight is 269 g/mol. The van der Waals surface area contributed by atoms with Crippen LogP contribution in [-0.2, 0) is 0 Å². The van der Waals surface area contributed by atoms with E-state index in [4.69, 9.17) is 14.7 Å². The Morgan fingerprint density at radius 2 is 1.85 bits per heavy atom. The summed E-state index contributed by atoms with van der Waals surface area (Å²) in [4.78, 5) is 4.34. The third kappa shape index (κ3) is 2.98. The number of nitrogens with zero attached hydrogens (tertiary/aromatic N) is 2. The van der Waals surface area contributed by atoms with Gasteiger partial charge in [0.05, 0.1) is 25.9 Å². The quantitative estimate of drug-likeness (QED) is 0.924. The molecular weight excluding hydrogens is 254 g/mol. The zero-order valence-corrected chi connectivity index (χ0v) is 11.6. The molecule has 0 unspecified atom stereocenters. The van der Waals surface area contributed by atoms with Crippen molar-refractivity contribution >= 4 is 11.5 Å². The molecule has 0 aliphatic rings. The topological polar surface area (TPSA) is 67.2 Å². The molecule has 0 saturated heterocycles. The van der Waals surface area contributed by atoms with Crippen LogP contribution in [0.4, 0.5) is 11.5 Å².